The van der Waals surface area contributed by atoms with Gasteiger partial charge in [-0.05, 0) is 124 Å². The number of esters is 4. The smallest absolute Gasteiger partial charge is 0.333 e. The Bertz CT molecular complexity index is 1770. The number of imide groups is 2. The highest BCUT2D eigenvalue weighted by molar-refractivity contribution is 6.19. The lowest BCUT2D eigenvalue weighted by Gasteiger charge is -2.46. The van der Waals surface area contributed by atoms with Crippen LogP contribution in [0.2, 0.25) is 0 Å². The van der Waals surface area contributed by atoms with E-state index in [1.54, 1.807) is 0 Å². The molecule has 0 atom stereocenters. The van der Waals surface area contributed by atoms with Crippen molar-refractivity contribution in [2.45, 2.75) is 269 Å². The minimum Gasteiger partial charge on any atom is -0.462 e. The normalized spacial score (nSPS) is 26.2. The molecule has 69 heavy (non-hydrogen) atoms. The van der Waals surface area contributed by atoms with Crippen molar-refractivity contribution in [1.29, 1.82) is 0 Å². The molecule has 0 aromatic heterocycles. The number of piperidine rings is 4. The second-order valence-electron chi connectivity index (χ2n) is 26.4. The molecule has 5 rings (SSSR count). The Kier molecular flexibility index (Phi) is 16.4. The van der Waals surface area contributed by atoms with Gasteiger partial charge in [0.25, 0.3) is 0 Å². The molecule has 392 valence electrons. The van der Waals surface area contributed by atoms with E-state index in [0.717, 1.165) is 9.80 Å². The Morgan fingerprint density at radius 3 is 0.812 bits per heavy atom. The standard InChI is InChI=1S/C52H88N6O11/c1-44(2)25-33(26-45(3,4)53-44)66-37(59)17-21-52(22-18-38(60)67-34-27-46(5,6)54-47(7,8)28-34)41(63)57(23-19-39(61)68-35-29-48(9,10)55-49(11,12)30-35)43(65)58(42(52)64)24-20-40(62)69-36-31-50(13,14)56-51(15,16)32-36/h33-36,53-56H,17-32H2,1-16H3. The SMILES string of the molecule is CC1(C)CC(OC(=O)CCN2C(=O)N(CCC(=O)OC3CC(C)(C)NC(C)(C)C3)C(=O)C(CCC(=O)OC3CC(C)(C)NC(C)(C)C3)(CCC(=O)OC3CC(C)(C)NC(C)(C)C3)C2=O)CC(C)(C)N1. The largest absolute Gasteiger partial charge is 0.462 e. The fourth-order valence-corrected chi connectivity index (χ4v) is 13.1. The van der Waals surface area contributed by atoms with Crippen molar-refractivity contribution >= 4 is 41.7 Å². The fraction of sp³-hybridized carbons (Fsp3) is 0.865. The van der Waals surface area contributed by atoms with Crippen LogP contribution in [0, 0.1) is 5.41 Å². The molecule has 5 heterocycles. The molecule has 0 spiro atoms. The molecule has 17 nitrogen and oxygen atoms in total. The van der Waals surface area contributed by atoms with Crippen molar-refractivity contribution in [2.75, 3.05) is 13.1 Å². The average Bonchev–Trinajstić information content (AvgIpc) is 3.09. The van der Waals surface area contributed by atoms with Crippen molar-refractivity contribution in [3.8, 4) is 0 Å². The Hall–Kier alpha value is -3.67. The van der Waals surface area contributed by atoms with Gasteiger partial charge in [0, 0.05) is 122 Å². The molecule has 0 aliphatic carbocycles. The third-order valence-corrected chi connectivity index (χ3v) is 14.2. The second kappa shape index (κ2) is 20.1. The predicted molar refractivity (Wildman–Crippen MR) is 261 cm³/mol. The number of carbonyl (C=O) groups excluding carboxylic acids is 7. The van der Waals surface area contributed by atoms with E-state index in [-0.39, 0.29) is 57.2 Å². The van der Waals surface area contributed by atoms with Gasteiger partial charge in [0.05, 0.1) is 12.8 Å². The van der Waals surface area contributed by atoms with Crippen molar-refractivity contribution < 1.29 is 52.5 Å². The van der Waals surface area contributed by atoms with Crippen LogP contribution in [0.4, 0.5) is 4.79 Å². The third-order valence-electron chi connectivity index (χ3n) is 14.2. The lowest BCUT2D eigenvalue weighted by atomic mass is 9.74. The number of rotatable bonds is 16. The molecule has 0 unspecified atom stereocenters. The zero-order chi connectivity index (χ0) is 52.0. The molecule has 5 aliphatic heterocycles. The maximum atomic E-state index is 15.1. The van der Waals surface area contributed by atoms with Crippen LogP contribution in [0.15, 0.2) is 0 Å². The Balaban J connectivity index is 1.44. The highest BCUT2D eigenvalue weighted by Crippen LogP contribution is 2.41. The van der Waals surface area contributed by atoms with E-state index in [1.807, 2.05) is 111 Å². The van der Waals surface area contributed by atoms with E-state index in [4.69, 9.17) is 18.9 Å². The molecule has 4 amide bonds. The van der Waals surface area contributed by atoms with Gasteiger partial charge in [0.15, 0.2) is 0 Å². The van der Waals surface area contributed by atoms with Crippen LogP contribution in [-0.2, 0) is 47.7 Å². The van der Waals surface area contributed by atoms with Crippen LogP contribution in [-0.4, -0.2) is 133 Å². The molecule has 5 aliphatic rings. The average molecular weight is 973 g/mol. The second-order valence-corrected chi connectivity index (χ2v) is 26.4. The van der Waals surface area contributed by atoms with Crippen molar-refractivity contribution in [3.63, 3.8) is 0 Å². The number of urea groups is 1. The monoisotopic (exact) mass is 973 g/mol. The fourth-order valence-electron chi connectivity index (χ4n) is 13.1. The Morgan fingerprint density at radius 2 is 0.594 bits per heavy atom. The molecule has 4 N–H and O–H groups in total. The van der Waals surface area contributed by atoms with Crippen LogP contribution in [0.5, 0.6) is 0 Å². The number of hydrogen-bond acceptors (Lipinski definition) is 15. The molecule has 0 saturated carbocycles. The molecular formula is C52H88N6O11. The highest BCUT2D eigenvalue weighted by Gasteiger charge is 2.58. The summed E-state index contributed by atoms with van der Waals surface area (Å²) in [5.41, 5.74) is -4.80. The highest BCUT2D eigenvalue weighted by atomic mass is 16.6. The quantitative estimate of drug-likeness (QED) is 0.0738. The number of ether oxygens (including phenoxy) is 4. The zero-order valence-corrected chi connectivity index (χ0v) is 45.0. The van der Waals surface area contributed by atoms with Crippen molar-refractivity contribution in [2.24, 2.45) is 5.41 Å². The first-order valence-electron chi connectivity index (χ1n) is 25.4. The Morgan fingerprint density at radius 1 is 0.391 bits per heavy atom. The van der Waals surface area contributed by atoms with Gasteiger partial charge in [0.1, 0.15) is 29.8 Å². The number of carbonyl (C=O) groups is 7. The van der Waals surface area contributed by atoms with E-state index >= 15 is 9.59 Å². The van der Waals surface area contributed by atoms with Crippen LogP contribution in [0.1, 0.15) is 201 Å². The lowest BCUT2D eigenvalue weighted by molar-refractivity contribution is -0.163. The van der Waals surface area contributed by atoms with E-state index in [9.17, 15) is 24.0 Å². The number of barbiturate groups is 1. The maximum Gasteiger partial charge on any atom is 0.333 e. The minimum absolute atomic E-state index is 0.323. The van der Waals surface area contributed by atoms with Crippen molar-refractivity contribution in [1.82, 2.24) is 31.1 Å². The molecule has 0 aromatic rings. The molecule has 0 aromatic carbocycles. The van der Waals surface area contributed by atoms with E-state index in [2.05, 4.69) is 21.3 Å². The van der Waals surface area contributed by atoms with Gasteiger partial charge in [0.2, 0.25) is 11.8 Å². The van der Waals surface area contributed by atoms with E-state index < -0.39 is 110 Å². The van der Waals surface area contributed by atoms with Crippen molar-refractivity contribution in [3.05, 3.63) is 0 Å². The molecule has 0 radical (unpaired) electrons. The number of amides is 4. The first kappa shape index (κ1) is 56.2. The van der Waals surface area contributed by atoms with Gasteiger partial charge in [-0.2, -0.15) is 0 Å². The molecule has 5 fully saturated rings. The first-order valence-corrected chi connectivity index (χ1v) is 25.4. The molecule has 5 saturated heterocycles. The summed E-state index contributed by atoms with van der Waals surface area (Å²) in [6, 6.07) is -1.02. The third kappa shape index (κ3) is 15.7. The summed E-state index contributed by atoms with van der Waals surface area (Å²) in [6.45, 7) is 31.6. The summed E-state index contributed by atoms with van der Waals surface area (Å²) in [7, 11) is 0. The lowest BCUT2D eigenvalue weighted by Crippen LogP contribution is -2.66. The zero-order valence-electron chi connectivity index (χ0n) is 45.0. The van der Waals surface area contributed by atoms with Gasteiger partial charge in [-0.25, -0.2) is 4.79 Å². The molecule has 0 bridgehead atoms. The van der Waals surface area contributed by atoms with Gasteiger partial charge in [-0.3, -0.25) is 38.6 Å². The topological polar surface area (TPSA) is 211 Å². The minimum atomic E-state index is -2.15. The number of nitrogens with one attached hydrogen (secondary N) is 4. The summed E-state index contributed by atoms with van der Waals surface area (Å²) in [5, 5.41) is 14.3. The first-order chi connectivity index (χ1) is 31.3. The molecule has 17 heteroatoms. The van der Waals surface area contributed by atoms with Crippen LogP contribution in [0.3, 0.4) is 0 Å². The molecular weight excluding hydrogens is 885 g/mol. The van der Waals surface area contributed by atoms with E-state index in [0.29, 0.717) is 51.4 Å². The van der Waals surface area contributed by atoms with Gasteiger partial charge >= 0.3 is 29.9 Å². The maximum absolute atomic E-state index is 15.1. The number of nitrogens with zero attached hydrogens (tertiary/aromatic N) is 2. The summed E-state index contributed by atoms with van der Waals surface area (Å²) in [4.78, 5) is 101. The summed E-state index contributed by atoms with van der Waals surface area (Å²) < 4.78 is 24.0. The summed E-state index contributed by atoms with van der Waals surface area (Å²) in [5.74, 6) is -4.43. The van der Waals surface area contributed by atoms with Gasteiger partial charge in [-0.1, -0.05) is 0 Å². The summed E-state index contributed by atoms with van der Waals surface area (Å²) >= 11 is 0. The van der Waals surface area contributed by atoms with Crippen LogP contribution in [0.25, 0.3) is 0 Å². The van der Waals surface area contributed by atoms with Gasteiger partial charge < -0.3 is 40.2 Å². The Labute approximate surface area is 412 Å². The van der Waals surface area contributed by atoms with Gasteiger partial charge in [-0.15, -0.1) is 0 Å². The van der Waals surface area contributed by atoms with E-state index in [1.165, 1.54) is 0 Å². The predicted octanol–water partition coefficient (Wildman–Crippen LogP) is 6.51. The van der Waals surface area contributed by atoms with Crippen LogP contribution >= 0.6 is 0 Å². The van der Waals surface area contributed by atoms with Crippen LogP contribution < -0.4 is 21.3 Å². The number of hydrogen-bond donors (Lipinski definition) is 4. The summed E-state index contributed by atoms with van der Waals surface area (Å²) in [6.07, 6.45) is 0.172.